The topological polar surface area (TPSA) is 122 Å². The number of amides is 2. The summed E-state index contributed by atoms with van der Waals surface area (Å²) >= 11 is 0. The van der Waals surface area contributed by atoms with E-state index in [0.29, 0.717) is 0 Å². The van der Waals surface area contributed by atoms with Crippen molar-refractivity contribution in [1.29, 1.82) is 0 Å². The monoisotopic (exact) mass is 321 g/mol. The quantitative estimate of drug-likeness (QED) is 0.532. The third kappa shape index (κ3) is 6.48. The largest absolute Gasteiger partial charge is 0.480 e. The average molecular weight is 321 g/mol. The second kappa shape index (κ2) is 8.89. The van der Waals surface area contributed by atoms with E-state index in [1.807, 2.05) is 6.07 Å². The first kappa shape index (κ1) is 18.6. The van der Waals surface area contributed by atoms with Crippen LogP contribution in [0.5, 0.6) is 0 Å². The summed E-state index contributed by atoms with van der Waals surface area (Å²) in [5.41, 5.74) is 6.46. The maximum absolute atomic E-state index is 11.8. The van der Waals surface area contributed by atoms with Gasteiger partial charge in [-0.05, 0) is 11.5 Å². The molecule has 7 heteroatoms. The first-order chi connectivity index (χ1) is 10.8. The van der Waals surface area contributed by atoms with Crippen LogP contribution in [-0.2, 0) is 20.8 Å². The summed E-state index contributed by atoms with van der Waals surface area (Å²) in [6.07, 6.45) is 0.168. The van der Waals surface area contributed by atoms with Gasteiger partial charge in [0.05, 0.1) is 12.6 Å². The lowest BCUT2D eigenvalue weighted by atomic mass is 10.1. The van der Waals surface area contributed by atoms with Crippen molar-refractivity contribution in [1.82, 2.24) is 10.6 Å². The third-order valence-electron chi connectivity index (χ3n) is 3.36. The van der Waals surface area contributed by atoms with Gasteiger partial charge in [0, 0.05) is 6.42 Å². The van der Waals surface area contributed by atoms with Crippen molar-refractivity contribution in [3.8, 4) is 0 Å². The van der Waals surface area contributed by atoms with Crippen molar-refractivity contribution in [3.05, 3.63) is 35.9 Å². The summed E-state index contributed by atoms with van der Waals surface area (Å²) in [4.78, 5) is 34.7. The Morgan fingerprint density at radius 2 is 1.78 bits per heavy atom. The van der Waals surface area contributed by atoms with Gasteiger partial charge in [-0.1, -0.05) is 44.2 Å². The van der Waals surface area contributed by atoms with E-state index in [4.69, 9.17) is 5.73 Å². The smallest absolute Gasteiger partial charge is 0.326 e. The standard InChI is InChI=1S/C16H23N3O4/c1-10(2)14(17)15(21)18-9-13(20)19-12(16(22)23)8-11-6-4-3-5-7-11/h3-7,10,12,14H,8-9,17H2,1-2H3,(H,18,21)(H,19,20)(H,22,23). The maximum atomic E-state index is 11.8. The van der Waals surface area contributed by atoms with Crippen LogP contribution in [0.1, 0.15) is 19.4 Å². The number of hydrogen-bond acceptors (Lipinski definition) is 4. The number of hydrogen-bond donors (Lipinski definition) is 4. The molecule has 23 heavy (non-hydrogen) atoms. The summed E-state index contributed by atoms with van der Waals surface area (Å²) in [7, 11) is 0. The van der Waals surface area contributed by atoms with Gasteiger partial charge in [-0.2, -0.15) is 0 Å². The number of carboxylic acid groups (broad SMARTS) is 1. The highest BCUT2D eigenvalue weighted by atomic mass is 16.4. The molecule has 7 nitrogen and oxygen atoms in total. The van der Waals surface area contributed by atoms with Gasteiger partial charge in [0.1, 0.15) is 6.04 Å². The number of nitrogens with two attached hydrogens (primary N) is 1. The zero-order valence-electron chi connectivity index (χ0n) is 13.3. The van der Waals surface area contributed by atoms with Crippen molar-refractivity contribution in [2.75, 3.05) is 6.54 Å². The number of carbonyl (C=O) groups is 3. The summed E-state index contributed by atoms with van der Waals surface area (Å²) < 4.78 is 0. The number of nitrogens with one attached hydrogen (secondary N) is 2. The molecule has 2 amide bonds. The molecule has 0 aliphatic heterocycles. The number of aliphatic carboxylic acids is 1. The first-order valence-corrected chi connectivity index (χ1v) is 7.40. The zero-order valence-corrected chi connectivity index (χ0v) is 13.3. The normalized spacial score (nSPS) is 13.2. The van der Waals surface area contributed by atoms with Gasteiger partial charge in [-0.25, -0.2) is 4.79 Å². The Balaban J connectivity index is 2.52. The van der Waals surface area contributed by atoms with Crippen LogP contribution >= 0.6 is 0 Å². The molecule has 0 saturated carbocycles. The predicted octanol–water partition coefficient (Wildman–Crippen LogP) is -0.102. The molecule has 0 aliphatic rings. The minimum atomic E-state index is -1.13. The lowest BCUT2D eigenvalue weighted by molar-refractivity contribution is -0.141. The number of benzene rings is 1. The Morgan fingerprint density at radius 3 is 2.30 bits per heavy atom. The third-order valence-corrected chi connectivity index (χ3v) is 3.36. The second-order valence-corrected chi connectivity index (χ2v) is 5.64. The molecule has 0 aromatic heterocycles. The van der Waals surface area contributed by atoms with Crippen molar-refractivity contribution in [3.63, 3.8) is 0 Å². The SMILES string of the molecule is CC(C)C(N)C(=O)NCC(=O)NC(Cc1ccccc1)C(=O)O. The van der Waals surface area contributed by atoms with E-state index >= 15 is 0 Å². The van der Waals surface area contributed by atoms with Crippen LogP contribution in [-0.4, -0.2) is 41.5 Å². The predicted molar refractivity (Wildman–Crippen MR) is 85.5 cm³/mol. The lowest BCUT2D eigenvalue weighted by Gasteiger charge is -2.17. The highest BCUT2D eigenvalue weighted by Crippen LogP contribution is 2.03. The van der Waals surface area contributed by atoms with Gasteiger partial charge in [0.15, 0.2) is 0 Å². The summed E-state index contributed by atoms with van der Waals surface area (Å²) in [5, 5.41) is 14.0. The van der Waals surface area contributed by atoms with E-state index < -0.39 is 29.9 Å². The summed E-state index contributed by atoms with van der Waals surface area (Å²) in [6.45, 7) is 3.28. The minimum Gasteiger partial charge on any atom is -0.480 e. The van der Waals surface area contributed by atoms with Crippen molar-refractivity contribution < 1.29 is 19.5 Å². The van der Waals surface area contributed by atoms with Crippen molar-refractivity contribution >= 4 is 17.8 Å². The lowest BCUT2D eigenvalue weighted by Crippen LogP contribution is -2.50. The van der Waals surface area contributed by atoms with Crippen LogP contribution in [0.2, 0.25) is 0 Å². The molecule has 0 spiro atoms. The van der Waals surface area contributed by atoms with Gasteiger partial charge < -0.3 is 21.5 Å². The summed E-state index contributed by atoms with van der Waals surface area (Å²) in [6, 6.07) is 7.22. The fraction of sp³-hybridized carbons (Fsp3) is 0.438. The number of rotatable bonds is 8. The highest BCUT2D eigenvalue weighted by molar-refractivity contribution is 5.89. The van der Waals surface area contributed by atoms with E-state index in [2.05, 4.69) is 10.6 Å². The molecule has 5 N–H and O–H groups in total. The molecule has 0 saturated heterocycles. The molecule has 1 aromatic rings. The molecular formula is C16H23N3O4. The fourth-order valence-corrected chi connectivity index (χ4v) is 1.88. The van der Waals surface area contributed by atoms with Gasteiger partial charge in [-0.15, -0.1) is 0 Å². The van der Waals surface area contributed by atoms with Crippen LogP contribution in [0.3, 0.4) is 0 Å². The molecule has 1 rings (SSSR count). The molecule has 0 bridgehead atoms. The maximum Gasteiger partial charge on any atom is 0.326 e. The highest BCUT2D eigenvalue weighted by Gasteiger charge is 2.22. The van der Waals surface area contributed by atoms with Crippen LogP contribution in [0, 0.1) is 5.92 Å². The molecule has 0 fully saturated rings. The zero-order chi connectivity index (χ0) is 17.4. The van der Waals surface area contributed by atoms with E-state index in [0.717, 1.165) is 5.56 Å². The van der Waals surface area contributed by atoms with E-state index in [1.165, 1.54) is 0 Å². The Hall–Kier alpha value is -2.41. The van der Waals surface area contributed by atoms with E-state index in [1.54, 1.807) is 38.1 Å². The molecule has 126 valence electrons. The van der Waals surface area contributed by atoms with Gasteiger partial charge in [-0.3, -0.25) is 9.59 Å². The molecule has 0 aliphatic carbocycles. The van der Waals surface area contributed by atoms with Crippen LogP contribution in [0.4, 0.5) is 0 Å². The Bertz CT molecular complexity index is 546. The fourth-order valence-electron chi connectivity index (χ4n) is 1.88. The van der Waals surface area contributed by atoms with Gasteiger partial charge in [0.25, 0.3) is 0 Å². The first-order valence-electron chi connectivity index (χ1n) is 7.40. The Kier molecular flexibility index (Phi) is 7.21. The molecule has 2 atom stereocenters. The molecule has 2 unspecified atom stereocenters. The van der Waals surface area contributed by atoms with Crippen molar-refractivity contribution in [2.24, 2.45) is 11.7 Å². The van der Waals surface area contributed by atoms with Crippen LogP contribution in [0.25, 0.3) is 0 Å². The van der Waals surface area contributed by atoms with E-state index in [9.17, 15) is 19.5 Å². The average Bonchev–Trinajstić information content (AvgIpc) is 2.52. The molecule has 0 heterocycles. The van der Waals surface area contributed by atoms with Gasteiger partial charge in [0.2, 0.25) is 11.8 Å². The number of carbonyl (C=O) groups excluding carboxylic acids is 2. The van der Waals surface area contributed by atoms with Crippen LogP contribution in [0.15, 0.2) is 30.3 Å². The second-order valence-electron chi connectivity index (χ2n) is 5.64. The Labute approximate surface area is 135 Å². The number of carboxylic acids is 1. The minimum absolute atomic E-state index is 0.0529. The van der Waals surface area contributed by atoms with Crippen LogP contribution < -0.4 is 16.4 Å². The van der Waals surface area contributed by atoms with Gasteiger partial charge >= 0.3 is 5.97 Å². The molecule has 0 radical (unpaired) electrons. The Morgan fingerprint density at radius 1 is 1.17 bits per heavy atom. The van der Waals surface area contributed by atoms with Crippen molar-refractivity contribution in [2.45, 2.75) is 32.4 Å². The molecule has 1 aromatic carbocycles. The molecular weight excluding hydrogens is 298 g/mol. The van der Waals surface area contributed by atoms with E-state index in [-0.39, 0.29) is 18.9 Å². The summed E-state index contributed by atoms with van der Waals surface area (Å²) in [5.74, 6) is -2.20.